The van der Waals surface area contributed by atoms with Gasteiger partial charge >= 0.3 is 0 Å². The third-order valence-electron chi connectivity index (χ3n) is 3.24. The molecule has 0 heterocycles. The van der Waals surface area contributed by atoms with Crippen molar-refractivity contribution in [2.75, 3.05) is 0 Å². The van der Waals surface area contributed by atoms with E-state index in [2.05, 4.69) is 5.32 Å². The van der Waals surface area contributed by atoms with Gasteiger partial charge in [-0.2, -0.15) is 0 Å². The van der Waals surface area contributed by atoms with Crippen LogP contribution in [-0.4, -0.2) is 17.1 Å². The topological polar surface area (TPSA) is 49.3 Å². The standard InChI is InChI=1S/C15H22FNO2/c1-9(2)14(18)8-15(19)17-11(4)12-6-5-10(3)13(16)7-12/h5-7,9,11,14,18H,8H2,1-4H3,(H,17,19). The van der Waals surface area contributed by atoms with Crippen molar-refractivity contribution in [2.45, 2.75) is 46.3 Å². The Morgan fingerprint density at radius 1 is 1.37 bits per heavy atom. The lowest BCUT2D eigenvalue weighted by Gasteiger charge is -2.18. The van der Waals surface area contributed by atoms with E-state index in [1.54, 1.807) is 26.0 Å². The van der Waals surface area contributed by atoms with Crippen LogP contribution in [0.25, 0.3) is 0 Å². The molecule has 1 rings (SSSR count). The van der Waals surface area contributed by atoms with Crippen molar-refractivity contribution in [2.24, 2.45) is 5.92 Å². The number of aryl methyl sites for hydroxylation is 1. The number of amides is 1. The molecule has 2 N–H and O–H groups in total. The van der Waals surface area contributed by atoms with E-state index in [1.165, 1.54) is 6.07 Å². The van der Waals surface area contributed by atoms with Crippen LogP contribution in [0.3, 0.4) is 0 Å². The summed E-state index contributed by atoms with van der Waals surface area (Å²) in [6.45, 7) is 7.21. The van der Waals surface area contributed by atoms with Crippen LogP contribution < -0.4 is 5.32 Å². The molecule has 19 heavy (non-hydrogen) atoms. The van der Waals surface area contributed by atoms with Crippen molar-refractivity contribution in [3.63, 3.8) is 0 Å². The summed E-state index contributed by atoms with van der Waals surface area (Å²) < 4.78 is 13.4. The highest BCUT2D eigenvalue weighted by Gasteiger charge is 2.16. The fourth-order valence-corrected chi connectivity index (χ4v) is 1.69. The maximum absolute atomic E-state index is 13.4. The third-order valence-corrected chi connectivity index (χ3v) is 3.24. The van der Waals surface area contributed by atoms with Crippen LogP contribution in [-0.2, 0) is 4.79 Å². The number of carbonyl (C=O) groups excluding carboxylic acids is 1. The highest BCUT2D eigenvalue weighted by molar-refractivity contribution is 5.76. The van der Waals surface area contributed by atoms with E-state index in [4.69, 9.17) is 0 Å². The minimum absolute atomic E-state index is 0.0397. The Bertz CT molecular complexity index is 446. The summed E-state index contributed by atoms with van der Waals surface area (Å²) in [6, 6.07) is 4.64. The zero-order valence-electron chi connectivity index (χ0n) is 11.9. The first-order valence-corrected chi connectivity index (χ1v) is 6.54. The number of hydrogen-bond acceptors (Lipinski definition) is 2. The molecule has 0 aliphatic carbocycles. The number of nitrogens with one attached hydrogen (secondary N) is 1. The second-order valence-electron chi connectivity index (χ2n) is 5.31. The van der Waals surface area contributed by atoms with Crippen molar-refractivity contribution in [1.29, 1.82) is 0 Å². The molecule has 0 aliphatic heterocycles. The van der Waals surface area contributed by atoms with Gasteiger partial charge in [-0.3, -0.25) is 4.79 Å². The van der Waals surface area contributed by atoms with Gasteiger partial charge in [-0.05, 0) is 37.0 Å². The summed E-state index contributed by atoms with van der Waals surface area (Å²) >= 11 is 0. The lowest BCUT2D eigenvalue weighted by atomic mass is 10.0. The van der Waals surface area contributed by atoms with E-state index in [0.717, 1.165) is 5.56 Å². The third kappa shape index (κ3) is 4.63. The van der Waals surface area contributed by atoms with Crippen molar-refractivity contribution in [1.82, 2.24) is 5.32 Å². The Morgan fingerprint density at radius 3 is 2.53 bits per heavy atom. The minimum Gasteiger partial charge on any atom is -0.392 e. The van der Waals surface area contributed by atoms with Crippen molar-refractivity contribution < 1.29 is 14.3 Å². The summed E-state index contributed by atoms with van der Waals surface area (Å²) in [5, 5.41) is 12.4. The maximum Gasteiger partial charge on any atom is 0.223 e. The van der Waals surface area contributed by atoms with Crippen LogP contribution >= 0.6 is 0 Å². The Kier molecular flexibility index (Phi) is 5.48. The van der Waals surface area contributed by atoms with Gasteiger partial charge in [0.25, 0.3) is 0 Å². The van der Waals surface area contributed by atoms with Gasteiger partial charge in [-0.1, -0.05) is 26.0 Å². The molecule has 106 valence electrons. The number of aliphatic hydroxyl groups is 1. The number of hydrogen-bond donors (Lipinski definition) is 2. The summed E-state index contributed by atoms with van der Waals surface area (Å²) in [7, 11) is 0. The van der Waals surface area contributed by atoms with Crippen molar-refractivity contribution in [3.8, 4) is 0 Å². The first kappa shape index (κ1) is 15.6. The molecule has 1 aromatic rings. The molecular weight excluding hydrogens is 245 g/mol. The summed E-state index contributed by atoms with van der Waals surface area (Å²) in [4.78, 5) is 11.7. The lowest BCUT2D eigenvalue weighted by Crippen LogP contribution is -2.31. The Labute approximate surface area is 113 Å². The average Bonchev–Trinajstić information content (AvgIpc) is 2.32. The molecule has 0 radical (unpaired) electrons. The van der Waals surface area contributed by atoms with E-state index in [1.807, 2.05) is 13.8 Å². The second-order valence-corrected chi connectivity index (χ2v) is 5.31. The Balaban J connectivity index is 2.61. The Hall–Kier alpha value is -1.42. The molecule has 0 fully saturated rings. The van der Waals surface area contributed by atoms with Gasteiger partial charge in [0.2, 0.25) is 5.91 Å². The minimum atomic E-state index is -0.651. The first-order chi connectivity index (χ1) is 8.81. The van der Waals surface area contributed by atoms with E-state index in [-0.39, 0.29) is 30.1 Å². The summed E-state index contributed by atoms with van der Waals surface area (Å²) in [5.41, 5.74) is 1.30. The molecule has 0 aliphatic rings. The fraction of sp³-hybridized carbons (Fsp3) is 0.533. The SMILES string of the molecule is Cc1ccc(C(C)NC(=O)CC(O)C(C)C)cc1F. The molecule has 0 bridgehead atoms. The van der Waals surface area contributed by atoms with E-state index < -0.39 is 6.10 Å². The number of benzene rings is 1. The molecule has 0 spiro atoms. The fourth-order valence-electron chi connectivity index (χ4n) is 1.69. The van der Waals surface area contributed by atoms with Crippen LogP contribution in [0.4, 0.5) is 4.39 Å². The van der Waals surface area contributed by atoms with Crippen molar-refractivity contribution >= 4 is 5.91 Å². The van der Waals surface area contributed by atoms with Crippen LogP contribution in [0.1, 0.15) is 44.4 Å². The highest BCUT2D eigenvalue weighted by Crippen LogP contribution is 2.16. The number of rotatable bonds is 5. The predicted molar refractivity (Wildman–Crippen MR) is 73.2 cm³/mol. The van der Waals surface area contributed by atoms with Gasteiger partial charge in [0, 0.05) is 0 Å². The molecule has 1 aromatic carbocycles. The molecule has 3 nitrogen and oxygen atoms in total. The number of halogens is 1. The van der Waals surface area contributed by atoms with Gasteiger partial charge in [-0.25, -0.2) is 4.39 Å². The molecule has 2 atom stereocenters. The summed E-state index contributed by atoms with van der Waals surface area (Å²) in [6.07, 6.45) is -0.585. The Morgan fingerprint density at radius 2 is 2.00 bits per heavy atom. The number of carbonyl (C=O) groups is 1. The van der Waals surface area contributed by atoms with Gasteiger partial charge in [0.1, 0.15) is 5.82 Å². The largest absolute Gasteiger partial charge is 0.392 e. The molecule has 0 saturated heterocycles. The monoisotopic (exact) mass is 267 g/mol. The predicted octanol–water partition coefficient (Wildman–Crippen LogP) is 2.72. The van der Waals surface area contributed by atoms with E-state index in [0.29, 0.717) is 5.56 Å². The molecule has 1 amide bonds. The van der Waals surface area contributed by atoms with Crippen LogP contribution in [0.5, 0.6) is 0 Å². The maximum atomic E-state index is 13.4. The quantitative estimate of drug-likeness (QED) is 0.861. The molecule has 2 unspecified atom stereocenters. The lowest BCUT2D eigenvalue weighted by molar-refractivity contribution is -0.124. The van der Waals surface area contributed by atoms with Gasteiger partial charge in [-0.15, -0.1) is 0 Å². The van der Waals surface area contributed by atoms with Gasteiger partial charge in [0.05, 0.1) is 18.6 Å². The van der Waals surface area contributed by atoms with Gasteiger partial charge < -0.3 is 10.4 Å². The summed E-state index contributed by atoms with van der Waals surface area (Å²) in [5.74, 6) is -0.464. The van der Waals surface area contributed by atoms with Crippen molar-refractivity contribution in [3.05, 3.63) is 35.1 Å². The molecule has 0 aromatic heterocycles. The second kappa shape index (κ2) is 6.66. The molecule has 0 saturated carbocycles. The van der Waals surface area contributed by atoms with Crippen LogP contribution in [0.2, 0.25) is 0 Å². The van der Waals surface area contributed by atoms with E-state index >= 15 is 0 Å². The molecule has 4 heteroatoms. The average molecular weight is 267 g/mol. The molecular formula is C15H22FNO2. The van der Waals surface area contributed by atoms with Gasteiger partial charge in [0.15, 0.2) is 0 Å². The van der Waals surface area contributed by atoms with Crippen LogP contribution in [0.15, 0.2) is 18.2 Å². The first-order valence-electron chi connectivity index (χ1n) is 6.54. The zero-order valence-corrected chi connectivity index (χ0v) is 11.9. The zero-order chi connectivity index (χ0) is 14.6. The van der Waals surface area contributed by atoms with E-state index in [9.17, 15) is 14.3 Å². The number of aliphatic hydroxyl groups excluding tert-OH is 1. The highest BCUT2D eigenvalue weighted by atomic mass is 19.1. The van der Waals surface area contributed by atoms with Crippen LogP contribution in [0, 0.1) is 18.7 Å². The normalized spacial score (nSPS) is 14.3. The smallest absolute Gasteiger partial charge is 0.223 e.